The van der Waals surface area contributed by atoms with Gasteiger partial charge in [-0.3, -0.25) is 4.79 Å². The summed E-state index contributed by atoms with van der Waals surface area (Å²) in [6.07, 6.45) is 3.06. The number of para-hydroxylation sites is 2. The quantitative estimate of drug-likeness (QED) is 0.353. The molecule has 0 aliphatic carbocycles. The van der Waals surface area contributed by atoms with Gasteiger partial charge in [-0.05, 0) is 61.9 Å². The monoisotopic (exact) mass is 449 g/mol. The first kappa shape index (κ1) is 24.8. The number of fused-ring (bicyclic) bond motifs is 1. The molecule has 1 N–H and O–H groups in total. The lowest BCUT2D eigenvalue weighted by Gasteiger charge is -2.22. The van der Waals surface area contributed by atoms with Gasteiger partial charge in [0.05, 0.1) is 23.7 Å². The fraction of sp³-hybridized carbons (Fsp3) is 0.500. The first-order valence-electron chi connectivity index (χ1n) is 12.2. The summed E-state index contributed by atoms with van der Waals surface area (Å²) in [7, 11) is 0. The maximum Gasteiger partial charge on any atom is 0.225 e. The molecule has 3 rings (SSSR count). The topological polar surface area (TPSA) is 56.1 Å². The van der Waals surface area contributed by atoms with E-state index in [9.17, 15) is 4.79 Å². The van der Waals surface area contributed by atoms with Crippen LogP contribution in [0.25, 0.3) is 11.0 Å². The highest BCUT2D eigenvalue weighted by Crippen LogP contribution is 2.24. The van der Waals surface area contributed by atoms with E-state index in [2.05, 4.69) is 54.1 Å². The molecule has 2 aromatic carbocycles. The second kappa shape index (κ2) is 10.9. The maximum absolute atomic E-state index is 12.5. The van der Waals surface area contributed by atoms with Gasteiger partial charge in [0, 0.05) is 12.0 Å². The molecule has 178 valence electrons. The molecule has 5 nitrogen and oxygen atoms in total. The molecule has 1 amide bonds. The zero-order chi connectivity index (χ0) is 24.0. The van der Waals surface area contributed by atoms with Gasteiger partial charge in [0.2, 0.25) is 5.91 Å². The fourth-order valence-corrected chi connectivity index (χ4v) is 3.83. The number of ether oxygens (including phenoxy) is 1. The van der Waals surface area contributed by atoms with Crippen molar-refractivity contribution in [1.29, 1.82) is 0 Å². The van der Waals surface area contributed by atoms with Gasteiger partial charge >= 0.3 is 0 Å². The van der Waals surface area contributed by atoms with Crippen molar-refractivity contribution >= 4 is 16.9 Å². The van der Waals surface area contributed by atoms with Gasteiger partial charge in [0.25, 0.3) is 0 Å². The van der Waals surface area contributed by atoms with Crippen LogP contribution >= 0.6 is 0 Å². The van der Waals surface area contributed by atoms with Gasteiger partial charge in [-0.15, -0.1) is 0 Å². The second-order valence-electron chi connectivity index (χ2n) is 9.99. The van der Waals surface area contributed by atoms with Gasteiger partial charge in [-0.1, -0.05) is 58.9 Å². The lowest BCUT2D eigenvalue weighted by atomic mass is 9.95. The van der Waals surface area contributed by atoms with Crippen LogP contribution in [0.2, 0.25) is 0 Å². The van der Waals surface area contributed by atoms with Crippen LogP contribution in [-0.2, 0) is 11.3 Å². The Labute approximate surface area is 198 Å². The van der Waals surface area contributed by atoms with Crippen LogP contribution in [0.3, 0.4) is 0 Å². The average Bonchev–Trinajstić information content (AvgIpc) is 3.17. The number of amides is 1. The number of benzene rings is 2. The van der Waals surface area contributed by atoms with Gasteiger partial charge in [0.15, 0.2) is 0 Å². The van der Waals surface area contributed by atoms with E-state index in [1.165, 1.54) is 5.56 Å². The van der Waals surface area contributed by atoms with E-state index in [-0.39, 0.29) is 11.9 Å². The predicted octanol–water partition coefficient (Wildman–Crippen LogP) is 6.63. The predicted molar refractivity (Wildman–Crippen MR) is 136 cm³/mol. The third-order valence-corrected chi connectivity index (χ3v) is 6.21. The molecule has 3 aromatic rings. The Morgan fingerprint density at radius 3 is 2.42 bits per heavy atom. The zero-order valence-electron chi connectivity index (χ0n) is 21.0. The van der Waals surface area contributed by atoms with Crippen molar-refractivity contribution in [2.24, 2.45) is 5.41 Å². The first-order chi connectivity index (χ1) is 15.7. The van der Waals surface area contributed by atoms with E-state index in [0.717, 1.165) is 48.4 Å². The van der Waals surface area contributed by atoms with Crippen LogP contribution in [0.4, 0.5) is 0 Å². The number of aromatic nitrogens is 2. The van der Waals surface area contributed by atoms with Crippen molar-refractivity contribution in [3.8, 4) is 5.75 Å². The van der Waals surface area contributed by atoms with Crippen LogP contribution < -0.4 is 10.1 Å². The number of nitrogens with one attached hydrogen (secondary N) is 1. The molecule has 0 spiro atoms. The van der Waals surface area contributed by atoms with Crippen LogP contribution in [0.5, 0.6) is 5.75 Å². The minimum Gasteiger partial charge on any atom is -0.494 e. The van der Waals surface area contributed by atoms with E-state index in [1.807, 2.05) is 45.9 Å². The van der Waals surface area contributed by atoms with Gasteiger partial charge in [0.1, 0.15) is 11.6 Å². The van der Waals surface area contributed by atoms with Crippen LogP contribution in [0.15, 0.2) is 48.5 Å². The number of hydrogen-bond acceptors (Lipinski definition) is 3. The number of unbranched alkanes of at least 4 members (excludes halogenated alkanes) is 1. The highest BCUT2D eigenvalue weighted by molar-refractivity contribution is 5.82. The number of imidazole rings is 1. The Morgan fingerprint density at radius 2 is 1.76 bits per heavy atom. The Morgan fingerprint density at radius 1 is 1.06 bits per heavy atom. The van der Waals surface area contributed by atoms with E-state index >= 15 is 0 Å². The Kier molecular flexibility index (Phi) is 8.17. The zero-order valence-corrected chi connectivity index (χ0v) is 21.0. The molecule has 2 unspecified atom stereocenters. The van der Waals surface area contributed by atoms with E-state index in [0.29, 0.717) is 12.5 Å². The molecule has 0 saturated heterocycles. The molecule has 1 aromatic heterocycles. The summed E-state index contributed by atoms with van der Waals surface area (Å²) in [5.74, 6) is 2.43. The number of nitrogens with zero attached hydrogens (tertiary/aromatic N) is 2. The molecular formula is C28H39N3O2. The van der Waals surface area contributed by atoms with Crippen molar-refractivity contribution in [2.75, 3.05) is 6.61 Å². The molecule has 0 aliphatic rings. The highest BCUT2D eigenvalue weighted by atomic mass is 16.5. The van der Waals surface area contributed by atoms with Crippen molar-refractivity contribution in [3.05, 3.63) is 59.9 Å². The summed E-state index contributed by atoms with van der Waals surface area (Å²) in [4.78, 5) is 17.4. The largest absolute Gasteiger partial charge is 0.494 e. The van der Waals surface area contributed by atoms with Crippen molar-refractivity contribution in [3.63, 3.8) is 0 Å². The molecule has 1 heterocycles. The van der Waals surface area contributed by atoms with Gasteiger partial charge < -0.3 is 14.6 Å². The molecule has 0 radical (unpaired) electrons. The molecule has 0 aliphatic heterocycles. The number of aryl methyl sites for hydroxylation is 1. The van der Waals surface area contributed by atoms with Gasteiger partial charge in [-0.2, -0.15) is 0 Å². The molecule has 2 atom stereocenters. The first-order valence-corrected chi connectivity index (χ1v) is 12.2. The van der Waals surface area contributed by atoms with E-state index in [1.54, 1.807) is 0 Å². The Balaban J connectivity index is 1.60. The number of carbonyl (C=O) groups excluding carboxylic acids is 1. The minimum atomic E-state index is -0.435. The van der Waals surface area contributed by atoms with E-state index < -0.39 is 5.41 Å². The highest BCUT2D eigenvalue weighted by Gasteiger charge is 2.25. The lowest BCUT2D eigenvalue weighted by Crippen LogP contribution is -2.37. The van der Waals surface area contributed by atoms with Crippen molar-refractivity contribution < 1.29 is 9.53 Å². The van der Waals surface area contributed by atoms with Gasteiger partial charge in [-0.25, -0.2) is 4.98 Å². The average molecular weight is 450 g/mol. The van der Waals surface area contributed by atoms with Crippen LogP contribution in [0.1, 0.15) is 84.2 Å². The minimum absolute atomic E-state index is 0.0290. The number of carbonyl (C=O) groups is 1. The summed E-state index contributed by atoms with van der Waals surface area (Å²) >= 11 is 0. The van der Waals surface area contributed by atoms with E-state index in [4.69, 9.17) is 9.72 Å². The van der Waals surface area contributed by atoms with Crippen LogP contribution in [0, 0.1) is 5.41 Å². The fourth-order valence-electron chi connectivity index (χ4n) is 3.83. The smallest absolute Gasteiger partial charge is 0.225 e. The SMILES string of the molecule is CCC(C)c1ccc(OCCCCn2c(C(C)NC(=O)C(C)(C)C)nc3ccccc32)cc1. The molecule has 0 bridgehead atoms. The van der Waals surface area contributed by atoms with Crippen molar-refractivity contribution in [2.45, 2.75) is 79.3 Å². The third kappa shape index (κ3) is 6.37. The summed E-state index contributed by atoms with van der Waals surface area (Å²) in [5.41, 5.74) is 2.99. The number of rotatable bonds is 10. The number of hydrogen-bond donors (Lipinski definition) is 1. The van der Waals surface area contributed by atoms with Crippen molar-refractivity contribution in [1.82, 2.24) is 14.9 Å². The van der Waals surface area contributed by atoms with Crippen LogP contribution in [-0.4, -0.2) is 22.1 Å². The Bertz CT molecular complexity index is 1050. The summed E-state index contributed by atoms with van der Waals surface area (Å²) in [6, 6.07) is 16.5. The molecule has 0 fully saturated rings. The third-order valence-electron chi connectivity index (χ3n) is 6.21. The Hall–Kier alpha value is -2.82. The molecule has 0 saturated carbocycles. The maximum atomic E-state index is 12.5. The molecule has 33 heavy (non-hydrogen) atoms. The second-order valence-corrected chi connectivity index (χ2v) is 9.99. The molecular weight excluding hydrogens is 410 g/mol. The standard InChI is InChI=1S/C28H39N3O2/c1-7-20(2)22-14-16-23(17-15-22)33-19-11-10-18-31-25-13-9-8-12-24(25)30-26(31)21(3)29-27(32)28(4,5)6/h8-9,12-17,20-21H,7,10-11,18-19H2,1-6H3,(H,29,32). The lowest BCUT2D eigenvalue weighted by molar-refractivity contribution is -0.129. The summed E-state index contributed by atoms with van der Waals surface area (Å²) in [6.45, 7) is 13.8. The molecule has 5 heteroatoms. The normalized spacial score (nSPS) is 13.6. The summed E-state index contributed by atoms with van der Waals surface area (Å²) in [5, 5.41) is 3.13. The summed E-state index contributed by atoms with van der Waals surface area (Å²) < 4.78 is 8.21.